The fourth-order valence-electron chi connectivity index (χ4n) is 3.35. The average Bonchev–Trinajstić information content (AvgIpc) is 3.30. The summed E-state index contributed by atoms with van der Waals surface area (Å²) in [5, 5.41) is 2.98. The highest BCUT2D eigenvalue weighted by molar-refractivity contribution is 5.97. The first-order valence-electron chi connectivity index (χ1n) is 9.15. The normalized spacial score (nSPS) is 12.2. The summed E-state index contributed by atoms with van der Waals surface area (Å²) in [6.07, 6.45) is 0.902. The summed E-state index contributed by atoms with van der Waals surface area (Å²) in [7, 11) is 0. The smallest absolute Gasteiger partial charge is 0.253 e. The predicted molar refractivity (Wildman–Crippen MR) is 105 cm³/mol. The van der Waals surface area contributed by atoms with Crippen molar-refractivity contribution in [3.8, 4) is 28.4 Å². The van der Waals surface area contributed by atoms with Crippen LogP contribution in [0.1, 0.15) is 29.4 Å². The molecule has 1 aliphatic heterocycles. The van der Waals surface area contributed by atoms with E-state index in [-0.39, 0.29) is 12.7 Å². The lowest BCUT2D eigenvalue weighted by Crippen LogP contribution is -2.24. The maximum absolute atomic E-state index is 12.7. The van der Waals surface area contributed by atoms with Gasteiger partial charge in [0, 0.05) is 24.0 Å². The molecule has 0 spiro atoms. The third kappa shape index (κ3) is 3.16. The van der Waals surface area contributed by atoms with Crippen LogP contribution in [0.2, 0.25) is 0 Å². The van der Waals surface area contributed by atoms with Gasteiger partial charge in [0.2, 0.25) is 6.79 Å². The third-order valence-electron chi connectivity index (χ3n) is 4.71. The minimum absolute atomic E-state index is 0.0500. The maximum Gasteiger partial charge on any atom is 0.253 e. The van der Waals surface area contributed by atoms with E-state index in [2.05, 4.69) is 9.88 Å². The molecule has 0 aliphatic carbocycles. The number of nitrogens with one attached hydrogen (secondary N) is 1. The van der Waals surface area contributed by atoms with Gasteiger partial charge in [-0.15, -0.1) is 0 Å². The molecule has 27 heavy (non-hydrogen) atoms. The van der Waals surface area contributed by atoms with E-state index >= 15 is 0 Å². The molecule has 2 aromatic carbocycles. The number of fused-ring (bicyclic) bond motifs is 1. The minimum atomic E-state index is -0.0500. The van der Waals surface area contributed by atoms with Crippen LogP contribution in [0.4, 0.5) is 0 Å². The number of hydrogen-bond acceptors (Lipinski definition) is 3. The Morgan fingerprint density at radius 3 is 2.63 bits per heavy atom. The van der Waals surface area contributed by atoms with Crippen LogP contribution in [-0.2, 0) is 0 Å². The van der Waals surface area contributed by atoms with E-state index < -0.39 is 0 Å². The van der Waals surface area contributed by atoms with E-state index in [1.807, 2.05) is 68.4 Å². The zero-order valence-electron chi connectivity index (χ0n) is 15.5. The molecule has 2 heterocycles. The predicted octanol–water partition coefficient (Wildman–Crippen LogP) is 4.32. The van der Waals surface area contributed by atoms with Gasteiger partial charge < -0.3 is 19.4 Å². The molecule has 1 amide bonds. The molecular formula is C22H22N2O3. The first kappa shape index (κ1) is 17.2. The zero-order valence-corrected chi connectivity index (χ0v) is 15.5. The molecule has 1 N–H and O–H groups in total. The van der Waals surface area contributed by atoms with Crippen LogP contribution in [-0.4, -0.2) is 23.8 Å². The second-order valence-corrected chi connectivity index (χ2v) is 6.52. The number of benzene rings is 2. The summed E-state index contributed by atoms with van der Waals surface area (Å²) >= 11 is 0. The first-order valence-corrected chi connectivity index (χ1v) is 9.15. The lowest BCUT2D eigenvalue weighted by Gasteiger charge is -2.13. The number of carbonyl (C=O) groups is 1. The Morgan fingerprint density at radius 1 is 1.07 bits per heavy atom. The molecule has 0 unspecified atom stereocenters. The van der Waals surface area contributed by atoms with Crippen molar-refractivity contribution in [2.75, 3.05) is 13.3 Å². The van der Waals surface area contributed by atoms with E-state index in [0.29, 0.717) is 12.1 Å². The van der Waals surface area contributed by atoms with Gasteiger partial charge in [0.15, 0.2) is 11.5 Å². The molecule has 0 bridgehead atoms. The SMILES string of the molecule is CCCNC(=O)c1cc(-c2ccccc2)n(-c2ccc3c(c2)OCO3)c1C. The lowest BCUT2D eigenvalue weighted by atomic mass is 10.1. The van der Waals surface area contributed by atoms with E-state index in [4.69, 9.17) is 9.47 Å². The summed E-state index contributed by atoms with van der Waals surface area (Å²) in [6.45, 7) is 4.91. The molecule has 0 saturated carbocycles. The standard InChI is InChI=1S/C22H22N2O3/c1-3-11-23-22(25)18-13-19(16-7-5-4-6-8-16)24(15(18)2)17-9-10-20-21(12-17)27-14-26-20/h4-10,12-13H,3,11,14H2,1-2H3,(H,23,25). The summed E-state index contributed by atoms with van der Waals surface area (Å²) in [4.78, 5) is 12.7. The van der Waals surface area contributed by atoms with Crippen molar-refractivity contribution in [3.63, 3.8) is 0 Å². The van der Waals surface area contributed by atoms with E-state index in [0.717, 1.165) is 40.6 Å². The van der Waals surface area contributed by atoms with Crippen LogP contribution < -0.4 is 14.8 Å². The number of rotatable bonds is 5. The van der Waals surface area contributed by atoms with Crippen molar-refractivity contribution in [3.05, 3.63) is 65.9 Å². The second kappa shape index (κ2) is 7.19. The molecule has 0 atom stereocenters. The quantitative estimate of drug-likeness (QED) is 0.735. The minimum Gasteiger partial charge on any atom is -0.454 e. The monoisotopic (exact) mass is 362 g/mol. The molecule has 1 aromatic heterocycles. The fourth-order valence-corrected chi connectivity index (χ4v) is 3.35. The van der Waals surface area contributed by atoms with Crippen molar-refractivity contribution in [2.24, 2.45) is 0 Å². The summed E-state index contributed by atoms with van der Waals surface area (Å²) < 4.78 is 13.1. The van der Waals surface area contributed by atoms with Crippen LogP contribution in [0.25, 0.3) is 16.9 Å². The van der Waals surface area contributed by atoms with Crippen LogP contribution in [0.15, 0.2) is 54.6 Å². The molecule has 0 fully saturated rings. The number of aromatic nitrogens is 1. The van der Waals surface area contributed by atoms with Gasteiger partial charge in [0.1, 0.15) is 0 Å². The van der Waals surface area contributed by atoms with E-state index in [1.54, 1.807) is 0 Å². The number of hydrogen-bond donors (Lipinski definition) is 1. The highest BCUT2D eigenvalue weighted by Gasteiger charge is 2.21. The Kier molecular flexibility index (Phi) is 4.59. The van der Waals surface area contributed by atoms with Crippen molar-refractivity contribution in [1.82, 2.24) is 9.88 Å². The van der Waals surface area contributed by atoms with Crippen molar-refractivity contribution in [2.45, 2.75) is 20.3 Å². The van der Waals surface area contributed by atoms with Gasteiger partial charge in [-0.1, -0.05) is 37.3 Å². The Hall–Kier alpha value is -3.21. The van der Waals surface area contributed by atoms with Crippen molar-refractivity contribution >= 4 is 5.91 Å². The Balaban J connectivity index is 1.86. The Bertz CT molecular complexity index is 977. The molecule has 4 rings (SSSR count). The number of carbonyl (C=O) groups excluding carboxylic acids is 1. The van der Waals surface area contributed by atoms with Crippen molar-refractivity contribution < 1.29 is 14.3 Å². The van der Waals surface area contributed by atoms with E-state index in [9.17, 15) is 4.79 Å². The molecule has 1 aliphatic rings. The van der Waals surface area contributed by atoms with Gasteiger partial charge in [-0.3, -0.25) is 4.79 Å². The van der Waals surface area contributed by atoms with E-state index in [1.165, 1.54) is 0 Å². The molecule has 138 valence electrons. The van der Waals surface area contributed by atoms with Crippen molar-refractivity contribution in [1.29, 1.82) is 0 Å². The summed E-state index contributed by atoms with van der Waals surface area (Å²) in [5.41, 5.74) is 4.52. The zero-order chi connectivity index (χ0) is 18.8. The Morgan fingerprint density at radius 2 is 1.85 bits per heavy atom. The maximum atomic E-state index is 12.7. The van der Waals surface area contributed by atoms with Gasteiger partial charge in [-0.25, -0.2) is 0 Å². The topological polar surface area (TPSA) is 52.5 Å². The Labute approximate surface area is 158 Å². The molecule has 0 radical (unpaired) electrons. The average molecular weight is 362 g/mol. The molecule has 3 aromatic rings. The third-order valence-corrected chi connectivity index (χ3v) is 4.71. The van der Waals surface area contributed by atoms with Crippen LogP contribution in [0.3, 0.4) is 0 Å². The number of nitrogens with zero attached hydrogens (tertiary/aromatic N) is 1. The largest absolute Gasteiger partial charge is 0.454 e. The molecule has 5 nitrogen and oxygen atoms in total. The fraction of sp³-hybridized carbons (Fsp3) is 0.227. The lowest BCUT2D eigenvalue weighted by molar-refractivity contribution is 0.0953. The second-order valence-electron chi connectivity index (χ2n) is 6.52. The van der Waals surface area contributed by atoms with Crippen LogP contribution >= 0.6 is 0 Å². The molecule has 5 heteroatoms. The molecule has 0 saturated heterocycles. The van der Waals surface area contributed by atoms with Crippen LogP contribution in [0, 0.1) is 6.92 Å². The number of amides is 1. The van der Waals surface area contributed by atoms with Gasteiger partial charge in [0.05, 0.1) is 11.3 Å². The summed E-state index contributed by atoms with van der Waals surface area (Å²) in [5.74, 6) is 1.41. The number of ether oxygens (including phenoxy) is 2. The van der Waals surface area contributed by atoms with Gasteiger partial charge >= 0.3 is 0 Å². The van der Waals surface area contributed by atoms with Gasteiger partial charge in [-0.05, 0) is 37.1 Å². The molecular weight excluding hydrogens is 340 g/mol. The van der Waals surface area contributed by atoms with Gasteiger partial charge in [-0.2, -0.15) is 0 Å². The highest BCUT2D eigenvalue weighted by atomic mass is 16.7. The first-order chi connectivity index (χ1) is 13.2. The van der Waals surface area contributed by atoms with Gasteiger partial charge in [0.25, 0.3) is 5.91 Å². The highest BCUT2D eigenvalue weighted by Crippen LogP contribution is 2.36. The van der Waals surface area contributed by atoms with Crippen LogP contribution in [0.5, 0.6) is 11.5 Å². The summed E-state index contributed by atoms with van der Waals surface area (Å²) in [6, 6.07) is 17.9.